The van der Waals surface area contributed by atoms with Crippen LogP contribution in [0.2, 0.25) is 0 Å². The molecule has 3 aromatic rings. The van der Waals surface area contributed by atoms with Crippen LogP contribution in [0.5, 0.6) is 0 Å². The number of carbonyl (C=O) groups is 2. The van der Waals surface area contributed by atoms with Crippen molar-refractivity contribution in [2.45, 2.75) is 26.9 Å². The maximum atomic E-state index is 12.3. The average molecular weight is 434 g/mol. The molecule has 0 saturated heterocycles. The quantitative estimate of drug-likeness (QED) is 0.260. The van der Waals surface area contributed by atoms with Crippen LogP contribution in [-0.4, -0.2) is 32.7 Å². The molecule has 1 amide bonds. The molecular weight excluding hydrogens is 412 g/mol. The molecule has 0 fully saturated rings. The Balaban J connectivity index is 1.64. The first-order valence-corrected chi connectivity index (χ1v) is 9.82. The summed E-state index contributed by atoms with van der Waals surface area (Å²) >= 11 is 0. The van der Waals surface area contributed by atoms with Crippen molar-refractivity contribution in [3.05, 3.63) is 87.7 Å². The molecule has 9 heteroatoms. The molecule has 9 nitrogen and oxygen atoms in total. The van der Waals surface area contributed by atoms with Gasteiger partial charge < -0.3 is 10.1 Å². The van der Waals surface area contributed by atoms with Gasteiger partial charge in [0.15, 0.2) is 6.10 Å². The van der Waals surface area contributed by atoms with Crippen LogP contribution in [0.3, 0.4) is 0 Å². The molecule has 1 heterocycles. The first-order chi connectivity index (χ1) is 15.3. The van der Waals surface area contributed by atoms with E-state index in [4.69, 9.17) is 4.74 Å². The predicted molar refractivity (Wildman–Crippen MR) is 119 cm³/mol. The lowest BCUT2D eigenvalue weighted by Crippen LogP contribution is -2.29. The Morgan fingerprint density at radius 2 is 1.88 bits per heavy atom. The van der Waals surface area contributed by atoms with Crippen molar-refractivity contribution < 1.29 is 19.2 Å². The normalized spacial score (nSPS) is 11.8. The molecule has 0 aliphatic carbocycles. The smallest absolute Gasteiger partial charge is 0.331 e. The fourth-order valence-corrected chi connectivity index (χ4v) is 3.08. The number of para-hydroxylation sites is 1. The highest BCUT2D eigenvalue weighted by Crippen LogP contribution is 2.20. The molecule has 1 unspecified atom stereocenters. The average Bonchev–Trinajstić information content (AvgIpc) is 3.06. The van der Waals surface area contributed by atoms with E-state index in [1.54, 1.807) is 10.8 Å². The van der Waals surface area contributed by atoms with Gasteiger partial charge in [-0.3, -0.25) is 14.9 Å². The van der Waals surface area contributed by atoms with Crippen LogP contribution in [0.4, 0.5) is 11.4 Å². The highest BCUT2D eigenvalue weighted by Gasteiger charge is 2.18. The number of non-ortho nitro benzene ring substituents is 1. The van der Waals surface area contributed by atoms with Gasteiger partial charge in [-0.05, 0) is 45.0 Å². The molecule has 164 valence electrons. The lowest BCUT2D eigenvalue weighted by Gasteiger charge is -2.12. The number of hydrogen-bond donors (Lipinski definition) is 1. The van der Waals surface area contributed by atoms with Crippen LogP contribution in [0.15, 0.2) is 60.7 Å². The van der Waals surface area contributed by atoms with Gasteiger partial charge in [0.25, 0.3) is 11.6 Å². The fourth-order valence-electron chi connectivity index (χ4n) is 3.08. The van der Waals surface area contributed by atoms with Crippen molar-refractivity contribution in [2.75, 3.05) is 5.32 Å². The van der Waals surface area contributed by atoms with Crippen LogP contribution < -0.4 is 5.32 Å². The van der Waals surface area contributed by atoms with Gasteiger partial charge in [-0.1, -0.05) is 24.3 Å². The Hall–Kier alpha value is -4.27. The minimum Gasteiger partial charge on any atom is -0.449 e. The molecule has 3 rings (SSSR count). The van der Waals surface area contributed by atoms with Crippen molar-refractivity contribution in [1.82, 2.24) is 9.78 Å². The standard InChI is InChI=1S/C23H22N4O5/c1-15-21(16(2)26(25-15)19-9-5-4-6-10-19)12-13-22(28)32-17(3)23(29)24-18-8-7-11-20(14-18)27(30)31/h4-14,17H,1-3H3,(H,24,29)/b13-12+. The van der Waals surface area contributed by atoms with Crippen LogP contribution in [0.1, 0.15) is 23.9 Å². The Morgan fingerprint density at radius 1 is 1.16 bits per heavy atom. The second kappa shape index (κ2) is 9.69. The Morgan fingerprint density at radius 3 is 2.56 bits per heavy atom. The van der Waals surface area contributed by atoms with Gasteiger partial charge in [0.2, 0.25) is 0 Å². The number of esters is 1. The summed E-state index contributed by atoms with van der Waals surface area (Å²) in [5, 5.41) is 17.9. The van der Waals surface area contributed by atoms with Gasteiger partial charge in [0, 0.05) is 35.2 Å². The predicted octanol–water partition coefficient (Wildman–Crippen LogP) is 3.98. The number of nitro groups is 1. The molecule has 0 spiro atoms. The third kappa shape index (κ3) is 5.25. The molecule has 0 saturated carbocycles. The molecule has 32 heavy (non-hydrogen) atoms. The zero-order valence-corrected chi connectivity index (χ0v) is 17.8. The summed E-state index contributed by atoms with van der Waals surface area (Å²) in [5.74, 6) is -1.30. The van der Waals surface area contributed by atoms with Crippen molar-refractivity contribution in [3.63, 3.8) is 0 Å². The number of benzene rings is 2. The zero-order chi connectivity index (χ0) is 23.3. The molecule has 0 aliphatic rings. The second-order valence-corrected chi connectivity index (χ2v) is 7.04. The number of aryl methyl sites for hydroxylation is 1. The van der Waals surface area contributed by atoms with E-state index in [1.165, 1.54) is 37.3 Å². The summed E-state index contributed by atoms with van der Waals surface area (Å²) in [5.41, 5.74) is 3.36. The van der Waals surface area contributed by atoms with Crippen molar-refractivity contribution in [1.29, 1.82) is 0 Å². The van der Waals surface area contributed by atoms with Crippen LogP contribution in [0, 0.1) is 24.0 Å². The number of amides is 1. The highest BCUT2D eigenvalue weighted by molar-refractivity contribution is 5.96. The number of rotatable bonds is 7. The number of nitrogens with zero attached hydrogens (tertiary/aromatic N) is 3. The first kappa shape index (κ1) is 22.4. The number of ether oxygens (including phenoxy) is 1. The third-order valence-electron chi connectivity index (χ3n) is 4.72. The van der Waals surface area contributed by atoms with E-state index >= 15 is 0 Å². The fraction of sp³-hybridized carbons (Fsp3) is 0.174. The van der Waals surface area contributed by atoms with E-state index in [0.29, 0.717) is 0 Å². The molecule has 0 radical (unpaired) electrons. The molecule has 1 atom stereocenters. The number of anilines is 1. The van der Waals surface area contributed by atoms with Crippen LogP contribution in [-0.2, 0) is 14.3 Å². The summed E-state index contributed by atoms with van der Waals surface area (Å²) in [4.78, 5) is 34.8. The molecule has 0 aliphatic heterocycles. The number of hydrogen-bond acceptors (Lipinski definition) is 6. The molecule has 1 N–H and O–H groups in total. The third-order valence-corrected chi connectivity index (χ3v) is 4.72. The highest BCUT2D eigenvalue weighted by atomic mass is 16.6. The topological polar surface area (TPSA) is 116 Å². The van der Waals surface area contributed by atoms with Gasteiger partial charge in [0.05, 0.1) is 16.3 Å². The van der Waals surface area contributed by atoms with E-state index in [9.17, 15) is 19.7 Å². The summed E-state index contributed by atoms with van der Waals surface area (Å²) in [6, 6.07) is 15.1. The van der Waals surface area contributed by atoms with Gasteiger partial charge in [-0.2, -0.15) is 5.10 Å². The van der Waals surface area contributed by atoms with E-state index in [2.05, 4.69) is 10.4 Å². The van der Waals surface area contributed by atoms with Gasteiger partial charge in [0.1, 0.15) is 0 Å². The molecule has 1 aromatic heterocycles. The van der Waals surface area contributed by atoms with Gasteiger partial charge in [-0.15, -0.1) is 0 Å². The SMILES string of the molecule is Cc1nn(-c2ccccc2)c(C)c1/C=C/C(=O)OC(C)C(=O)Nc1cccc([N+](=O)[O-])c1. The van der Waals surface area contributed by atoms with E-state index in [1.807, 2.05) is 44.2 Å². The monoisotopic (exact) mass is 434 g/mol. The molecule has 2 aromatic carbocycles. The number of carbonyl (C=O) groups excluding carboxylic acids is 2. The largest absolute Gasteiger partial charge is 0.449 e. The summed E-state index contributed by atoms with van der Waals surface area (Å²) < 4.78 is 6.94. The molecule has 0 bridgehead atoms. The number of nitrogens with one attached hydrogen (secondary N) is 1. The Labute approximate surface area is 184 Å². The summed E-state index contributed by atoms with van der Waals surface area (Å²) in [6.07, 6.45) is 1.74. The lowest BCUT2D eigenvalue weighted by atomic mass is 10.2. The second-order valence-electron chi connectivity index (χ2n) is 7.04. The van der Waals surface area contributed by atoms with E-state index in [0.717, 1.165) is 22.6 Å². The summed E-state index contributed by atoms with van der Waals surface area (Å²) in [7, 11) is 0. The van der Waals surface area contributed by atoms with Crippen molar-refractivity contribution in [3.8, 4) is 5.69 Å². The maximum absolute atomic E-state index is 12.3. The minimum atomic E-state index is -1.10. The Kier molecular flexibility index (Phi) is 6.79. The minimum absolute atomic E-state index is 0.155. The van der Waals surface area contributed by atoms with Gasteiger partial charge >= 0.3 is 5.97 Å². The summed E-state index contributed by atoms with van der Waals surface area (Å²) in [6.45, 7) is 5.15. The van der Waals surface area contributed by atoms with E-state index in [-0.39, 0.29) is 11.4 Å². The van der Waals surface area contributed by atoms with Crippen molar-refractivity contribution in [2.24, 2.45) is 0 Å². The Bertz CT molecular complexity index is 1180. The van der Waals surface area contributed by atoms with Crippen LogP contribution in [0.25, 0.3) is 11.8 Å². The maximum Gasteiger partial charge on any atom is 0.331 e. The number of aromatic nitrogens is 2. The van der Waals surface area contributed by atoms with E-state index < -0.39 is 22.9 Å². The zero-order valence-electron chi connectivity index (χ0n) is 17.8. The lowest BCUT2D eigenvalue weighted by molar-refractivity contribution is -0.384. The van der Waals surface area contributed by atoms with Crippen molar-refractivity contribution >= 4 is 29.3 Å². The van der Waals surface area contributed by atoms with Gasteiger partial charge in [-0.25, -0.2) is 9.48 Å². The molecular formula is C23H22N4O5. The van der Waals surface area contributed by atoms with Crippen LogP contribution >= 0.6 is 0 Å². The number of nitro benzene ring substituents is 1. The first-order valence-electron chi connectivity index (χ1n) is 9.82.